The van der Waals surface area contributed by atoms with Gasteiger partial charge in [-0.3, -0.25) is 4.79 Å². The Labute approximate surface area is 169 Å². The number of fused-ring (bicyclic) bond motifs is 1. The van der Waals surface area contributed by atoms with Gasteiger partial charge in [0.2, 0.25) is 5.91 Å². The molecular formula is C21H26N4O2S. The number of benzene rings is 1. The molecule has 0 aliphatic rings. The number of nitrogens with one attached hydrogen (secondary N) is 2. The monoisotopic (exact) mass is 398 g/mol. The van der Waals surface area contributed by atoms with E-state index in [1.165, 1.54) is 10.4 Å². The third-order valence-electron chi connectivity index (χ3n) is 4.50. The molecule has 28 heavy (non-hydrogen) atoms. The summed E-state index contributed by atoms with van der Waals surface area (Å²) < 4.78 is 4.98. The quantitative estimate of drug-likeness (QED) is 0.534. The van der Waals surface area contributed by atoms with Crippen LogP contribution in [-0.2, 0) is 9.53 Å². The second-order valence-electron chi connectivity index (χ2n) is 6.67. The second-order valence-corrected chi connectivity index (χ2v) is 7.88. The lowest BCUT2D eigenvalue weighted by atomic mass is 10.0. The lowest BCUT2D eigenvalue weighted by Crippen LogP contribution is -2.27. The fraction of sp³-hybridized carbons (Fsp3) is 0.381. The Morgan fingerprint density at radius 1 is 1.14 bits per heavy atom. The molecule has 7 heteroatoms. The average Bonchev–Trinajstić information content (AvgIpc) is 3.03. The van der Waals surface area contributed by atoms with Crippen molar-refractivity contribution in [3.05, 3.63) is 41.0 Å². The van der Waals surface area contributed by atoms with Crippen LogP contribution in [0.3, 0.4) is 0 Å². The first-order chi connectivity index (χ1) is 13.6. The predicted molar refractivity (Wildman–Crippen MR) is 115 cm³/mol. The van der Waals surface area contributed by atoms with Crippen molar-refractivity contribution in [2.24, 2.45) is 0 Å². The summed E-state index contributed by atoms with van der Waals surface area (Å²) in [6.45, 7) is 5.99. The zero-order chi connectivity index (χ0) is 19.9. The van der Waals surface area contributed by atoms with Gasteiger partial charge in [0.1, 0.15) is 17.0 Å². The molecule has 0 radical (unpaired) electrons. The molecule has 0 bridgehead atoms. The molecule has 0 saturated carbocycles. The molecule has 0 aliphatic heterocycles. The summed E-state index contributed by atoms with van der Waals surface area (Å²) in [5, 5.41) is 7.25. The summed E-state index contributed by atoms with van der Waals surface area (Å²) in [7, 11) is 1.66. The van der Waals surface area contributed by atoms with Crippen LogP contribution in [0.2, 0.25) is 0 Å². The Bertz CT molecular complexity index is 937. The van der Waals surface area contributed by atoms with Crippen molar-refractivity contribution in [3.63, 3.8) is 0 Å². The number of amides is 1. The van der Waals surface area contributed by atoms with E-state index in [4.69, 9.17) is 4.74 Å². The third kappa shape index (κ3) is 4.85. The zero-order valence-corrected chi connectivity index (χ0v) is 17.4. The number of carbonyl (C=O) groups excluding carboxylic acids is 1. The van der Waals surface area contributed by atoms with E-state index in [0.29, 0.717) is 26.1 Å². The van der Waals surface area contributed by atoms with E-state index < -0.39 is 0 Å². The largest absolute Gasteiger partial charge is 0.385 e. The smallest absolute Gasteiger partial charge is 0.221 e. The summed E-state index contributed by atoms with van der Waals surface area (Å²) in [4.78, 5) is 23.0. The van der Waals surface area contributed by atoms with Crippen LogP contribution in [-0.4, -0.2) is 42.7 Å². The molecule has 6 nitrogen and oxygen atoms in total. The van der Waals surface area contributed by atoms with Crippen LogP contribution in [0, 0.1) is 13.8 Å². The molecule has 1 aromatic carbocycles. The van der Waals surface area contributed by atoms with Gasteiger partial charge in [0, 0.05) is 43.7 Å². The molecule has 0 unspecified atom stereocenters. The van der Waals surface area contributed by atoms with Gasteiger partial charge >= 0.3 is 0 Å². The van der Waals surface area contributed by atoms with Crippen molar-refractivity contribution in [2.45, 2.75) is 26.7 Å². The zero-order valence-electron chi connectivity index (χ0n) is 16.5. The maximum atomic E-state index is 12.0. The van der Waals surface area contributed by atoms with E-state index in [-0.39, 0.29) is 5.91 Å². The highest BCUT2D eigenvalue weighted by atomic mass is 32.1. The first-order valence-corrected chi connectivity index (χ1v) is 10.2. The van der Waals surface area contributed by atoms with Crippen molar-refractivity contribution < 1.29 is 9.53 Å². The number of hydrogen-bond acceptors (Lipinski definition) is 6. The van der Waals surface area contributed by atoms with Crippen molar-refractivity contribution >= 4 is 33.3 Å². The third-order valence-corrected chi connectivity index (χ3v) is 5.51. The van der Waals surface area contributed by atoms with E-state index in [1.54, 1.807) is 24.8 Å². The number of aryl methyl sites for hydroxylation is 2. The van der Waals surface area contributed by atoms with Gasteiger partial charge in [-0.25, -0.2) is 9.97 Å². The van der Waals surface area contributed by atoms with Crippen LogP contribution in [0.15, 0.2) is 30.6 Å². The minimum Gasteiger partial charge on any atom is -0.385 e. The first-order valence-electron chi connectivity index (χ1n) is 9.40. The molecule has 3 aromatic rings. The van der Waals surface area contributed by atoms with Gasteiger partial charge in [0.25, 0.3) is 0 Å². The summed E-state index contributed by atoms with van der Waals surface area (Å²) in [6, 6.07) is 8.49. The molecule has 3 rings (SSSR count). The number of methoxy groups -OCH3 is 1. The molecule has 148 valence electrons. The summed E-state index contributed by atoms with van der Waals surface area (Å²) in [5.74, 6) is 0.797. The molecule has 0 spiro atoms. The normalized spacial score (nSPS) is 11.0. The van der Waals surface area contributed by atoms with Gasteiger partial charge in [-0.15, -0.1) is 11.3 Å². The molecule has 1 amide bonds. The van der Waals surface area contributed by atoms with Gasteiger partial charge in [-0.05, 0) is 25.8 Å². The fourth-order valence-electron chi connectivity index (χ4n) is 3.07. The number of aromatic nitrogens is 2. The van der Waals surface area contributed by atoms with Crippen molar-refractivity contribution in [3.8, 4) is 11.1 Å². The van der Waals surface area contributed by atoms with Crippen LogP contribution < -0.4 is 10.6 Å². The Balaban J connectivity index is 1.73. The van der Waals surface area contributed by atoms with Gasteiger partial charge in [0.05, 0.1) is 5.39 Å². The topological polar surface area (TPSA) is 76.1 Å². The molecule has 0 aliphatic carbocycles. The standard InChI is InChI=1S/C21H26N4O2S/c1-14-5-7-16(8-6-14)18-15(2)28-21-19(18)20(24-13-25-21)23-11-9-17(26)22-10-4-12-27-3/h5-8,13H,4,9-12H2,1-3H3,(H,22,26)(H,23,24,25). The molecule has 2 heterocycles. The van der Waals surface area contributed by atoms with Crippen LogP contribution in [0.1, 0.15) is 23.3 Å². The van der Waals surface area contributed by atoms with Crippen LogP contribution in [0.25, 0.3) is 21.3 Å². The summed E-state index contributed by atoms with van der Waals surface area (Å²) >= 11 is 1.67. The minimum absolute atomic E-state index is 0.0224. The first kappa shape index (κ1) is 20.2. The van der Waals surface area contributed by atoms with Crippen LogP contribution in [0.4, 0.5) is 5.82 Å². The molecule has 0 atom stereocenters. The molecule has 0 saturated heterocycles. The molecular weight excluding hydrogens is 372 g/mol. The number of carbonyl (C=O) groups is 1. The summed E-state index contributed by atoms with van der Waals surface area (Å²) in [5.41, 5.74) is 3.54. The van der Waals surface area contributed by atoms with E-state index in [2.05, 4.69) is 58.7 Å². The van der Waals surface area contributed by atoms with Crippen LogP contribution in [0.5, 0.6) is 0 Å². The Morgan fingerprint density at radius 3 is 2.68 bits per heavy atom. The number of anilines is 1. The van der Waals surface area contributed by atoms with Crippen molar-refractivity contribution in [2.75, 3.05) is 32.1 Å². The lowest BCUT2D eigenvalue weighted by Gasteiger charge is -2.09. The summed E-state index contributed by atoms with van der Waals surface area (Å²) in [6.07, 6.45) is 2.78. The van der Waals surface area contributed by atoms with Crippen molar-refractivity contribution in [1.82, 2.24) is 15.3 Å². The van der Waals surface area contributed by atoms with Gasteiger partial charge < -0.3 is 15.4 Å². The number of nitrogens with zero attached hydrogens (tertiary/aromatic N) is 2. The average molecular weight is 399 g/mol. The lowest BCUT2D eigenvalue weighted by molar-refractivity contribution is -0.120. The molecule has 2 N–H and O–H groups in total. The van der Waals surface area contributed by atoms with Gasteiger partial charge in [-0.1, -0.05) is 29.8 Å². The number of thiophene rings is 1. The highest BCUT2D eigenvalue weighted by molar-refractivity contribution is 7.19. The highest BCUT2D eigenvalue weighted by Gasteiger charge is 2.16. The highest BCUT2D eigenvalue weighted by Crippen LogP contribution is 2.40. The number of rotatable bonds is 9. The molecule has 0 fully saturated rings. The maximum Gasteiger partial charge on any atom is 0.221 e. The van der Waals surface area contributed by atoms with Gasteiger partial charge in [-0.2, -0.15) is 0 Å². The van der Waals surface area contributed by atoms with Gasteiger partial charge in [0.15, 0.2) is 0 Å². The van der Waals surface area contributed by atoms with Crippen LogP contribution >= 0.6 is 11.3 Å². The fourth-order valence-corrected chi connectivity index (χ4v) is 4.09. The Kier molecular flexibility index (Phi) is 6.95. The van der Waals surface area contributed by atoms with E-state index in [9.17, 15) is 4.79 Å². The minimum atomic E-state index is 0.0224. The SMILES string of the molecule is COCCCNC(=O)CCNc1ncnc2sc(C)c(-c3ccc(C)cc3)c12. The molecule has 2 aromatic heterocycles. The number of ether oxygens (including phenoxy) is 1. The Morgan fingerprint density at radius 2 is 1.93 bits per heavy atom. The predicted octanol–water partition coefficient (Wildman–Crippen LogP) is 3.93. The van der Waals surface area contributed by atoms with E-state index in [1.807, 2.05) is 0 Å². The van der Waals surface area contributed by atoms with Crippen molar-refractivity contribution in [1.29, 1.82) is 0 Å². The van der Waals surface area contributed by atoms with E-state index in [0.717, 1.165) is 33.6 Å². The Hall–Kier alpha value is -2.51. The van der Waals surface area contributed by atoms with E-state index >= 15 is 0 Å². The maximum absolute atomic E-state index is 12.0. The number of hydrogen-bond donors (Lipinski definition) is 2. The second kappa shape index (κ2) is 9.61.